The highest BCUT2D eigenvalue weighted by atomic mass is 16.7. The smallest absolute Gasteiger partial charge is 0.306 e. The van der Waals surface area contributed by atoms with Crippen molar-refractivity contribution in [3.8, 4) is 0 Å². The Balaban J connectivity index is 1.73. The molecule has 4 unspecified atom stereocenters. The molecule has 0 spiro atoms. The van der Waals surface area contributed by atoms with Crippen LogP contribution in [0.4, 0.5) is 0 Å². The fourth-order valence-corrected chi connectivity index (χ4v) is 9.63. The fraction of sp³-hybridized carbons (Fsp3) is 0.931. The van der Waals surface area contributed by atoms with Gasteiger partial charge in [0.25, 0.3) is 0 Å². The van der Waals surface area contributed by atoms with Gasteiger partial charge < -0.3 is 64.2 Å². The lowest BCUT2D eigenvalue weighted by molar-refractivity contribution is -0.332. The summed E-state index contributed by atoms with van der Waals surface area (Å²) in [7, 11) is 0. The topological polar surface area (TPSA) is 231 Å². The highest BCUT2D eigenvalue weighted by Crippen LogP contribution is 2.27. The Hall–Kier alpha value is -1.76. The van der Waals surface area contributed by atoms with Crippen LogP contribution in [0.1, 0.15) is 251 Å². The monoisotopic (exact) mass is 1040 g/mol. The van der Waals surface area contributed by atoms with Gasteiger partial charge in [-0.1, -0.05) is 212 Å². The molecule has 7 N–H and O–H groups in total. The van der Waals surface area contributed by atoms with Gasteiger partial charge in [0.1, 0.15) is 55.4 Å². The number of aliphatic hydroxyl groups excluding tert-OH is 7. The summed E-state index contributed by atoms with van der Waals surface area (Å²) < 4.78 is 33.7. The van der Waals surface area contributed by atoms with Crippen molar-refractivity contribution < 1.29 is 73.8 Å². The van der Waals surface area contributed by atoms with Crippen molar-refractivity contribution in [3.63, 3.8) is 0 Å². The summed E-state index contributed by atoms with van der Waals surface area (Å²) in [6.07, 6.45) is 31.0. The average Bonchev–Trinajstić information content (AvgIpc) is 3.38. The number of aliphatic hydroxyl groups is 7. The van der Waals surface area contributed by atoms with E-state index < -0.39 is 92.7 Å². The molecule has 0 radical (unpaired) electrons. The number of hydrogen-bond acceptors (Lipinski definition) is 15. The molecule has 15 heteroatoms. The summed E-state index contributed by atoms with van der Waals surface area (Å²) in [5.41, 5.74) is 0. The van der Waals surface area contributed by atoms with E-state index in [1.807, 2.05) is 0 Å². The van der Waals surface area contributed by atoms with Gasteiger partial charge in [-0.3, -0.25) is 9.59 Å². The second-order valence-electron chi connectivity index (χ2n) is 21.2. The van der Waals surface area contributed by atoms with Crippen LogP contribution in [0.25, 0.3) is 0 Å². The van der Waals surface area contributed by atoms with E-state index in [4.69, 9.17) is 28.4 Å². The normalized spacial score (nSPS) is 24.8. The Bertz CT molecular complexity index is 1320. The Kier molecular flexibility index (Phi) is 41.8. The molecule has 73 heavy (non-hydrogen) atoms. The quantitative estimate of drug-likeness (QED) is 0.0171. The van der Waals surface area contributed by atoms with Gasteiger partial charge in [-0.15, -0.1) is 0 Å². The van der Waals surface area contributed by atoms with Gasteiger partial charge in [0.15, 0.2) is 18.7 Å². The molecular weight excluding hydrogens is 937 g/mol. The molecule has 0 amide bonds. The van der Waals surface area contributed by atoms with Gasteiger partial charge in [-0.2, -0.15) is 0 Å². The van der Waals surface area contributed by atoms with E-state index in [0.29, 0.717) is 12.8 Å². The van der Waals surface area contributed by atoms with E-state index in [1.165, 1.54) is 167 Å². The lowest BCUT2D eigenvalue weighted by atomic mass is 9.98. The first kappa shape index (κ1) is 67.3. The molecule has 430 valence electrons. The van der Waals surface area contributed by atoms with Crippen molar-refractivity contribution in [2.45, 2.75) is 319 Å². The number of rotatable bonds is 48. The lowest BCUT2D eigenvalue weighted by Gasteiger charge is -2.42. The van der Waals surface area contributed by atoms with Gasteiger partial charge >= 0.3 is 11.9 Å². The first-order valence-corrected chi connectivity index (χ1v) is 29.8. The van der Waals surface area contributed by atoms with Gasteiger partial charge in [-0.05, 0) is 38.5 Å². The first-order valence-electron chi connectivity index (χ1n) is 29.8. The van der Waals surface area contributed by atoms with Gasteiger partial charge in [-0.25, -0.2) is 0 Å². The largest absolute Gasteiger partial charge is 0.462 e. The highest BCUT2D eigenvalue weighted by molar-refractivity contribution is 5.70. The molecule has 0 aliphatic carbocycles. The zero-order chi connectivity index (χ0) is 53.2. The molecular formula is C58H108O15. The summed E-state index contributed by atoms with van der Waals surface area (Å²) in [5.74, 6) is -0.927. The van der Waals surface area contributed by atoms with Crippen LogP contribution in [-0.4, -0.2) is 142 Å². The van der Waals surface area contributed by atoms with Crippen molar-refractivity contribution in [1.29, 1.82) is 0 Å². The minimum atomic E-state index is -1.76. The second kappa shape index (κ2) is 45.3. The number of esters is 2. The fourth-order valence-electron chi connectivity index (χ4n) is 9.63. The third-order valence-electron chi connectivity index (χ3n) is 14.5. The maximum absolute atomic E-state index is 13.1. The van der Waals surface area contributed by atoms with Crippen LogP contribution >= 0.6 is 0 Å². The van der Waals surface area contributed by atoms with Gasteiger partial charge in [0.05, 0.1) is 19.8 Å². The predicted molar refractivity (Wildman–Crippen MR) is 285 cm³/mol. The molecule has 0 bridgehead atoms. The Labute approximate surface area is 441 Å². The molecule has 0 aromatic rings. The average molecular weight is 1050 g/mol. The van der Waals surface area contributed by atoms with Crippen LogP contribution < -0.4 is 0 Å². The molecule has 2 saturated heterocycles. The van der Waals surface area contributed by atoms with E-state index >= 15 is 0 Å². The van der Waals surface area contributed by atoms with E-state index in [-0.39, 0.29) is 26.1 Å². The molecule has 0 saturated carbocycles. The van der Waals surface area contributed by atoms with Crippen molar-refractivity contribution >= 4 is 11.9 Å². The molecule has 0 aromatic carbocycles. The zero-order valence-corrected chi connectivity index (χ0v) is 45.9. The van der Waals surface area contributed by atoms with E-state index in [2.05, 4.69) is 26.0 Å². The molecule has 2 aliphatic rings. The maximum atomic E-state index is 13.1. The van der Waals surface area contributed by atoms with E-state index in [9.17, 15) is 45.3 Å². The number of unbranched alkanes of at least 4 members (excludes halogenated alkanes) is 32. The summed E-state index contributed by atoms with van der Waals surface area (Å²) >= 11 is 0. The van der Waals surface area contributed by atoms with Crippen molar-refractivity contribution in [2.24, 2.45) is 0 Å². The van der Waals surface area contributed by atoms with Crippen LogP contribution in [-0.2, 0) is 38.0 Å². The van der Waals surface area contributed by atoms with E-state index in [1.54, 1.807) is 0 Å². The number of hydrogen-bond donors (Lipinski definition) is 7. The van der Waals surface area contributed by atoms with Crippen LogP contribution in [0.15, 0.2) is 12.2 Å². The summed E-state index contributed by atoms with van der Waals surface area (Å²) in [5, 5.41) is 72.3. The standard InChI is InChI=1S/C58H108O15/c1-3-5-7-9-11-13-15-17-19-20-21-22-23-24-25-27-29-31-33-35-37-39-41-50(61)71-46(43-68-49(60)40-38-36-34-32-30-28-26-18-16-14-12-10-8-6-4-2)44-69-57-56(67)54(65)52(63)48(73-57)45-70-58-55(66)53(64)51(62)47(42-59)72-58/h28,30,46-48,51-59,62-67H,3-27,29,31-45H2,1-2H3/b30-28+/t46-,47+,48+,51-,52-,53?,54?,55?,56?,57+,58+/m1/s1. The molecule has 2 aliphatic heterocycles. The minimum absolute atomic E-state index is 0.169. The summed E-state index contributed by atoms with van der Waals surface area (Å²) in [4.78, 5) is 25.9. The third-order valence-corrected chi connectivity index (χ3v) is 14.5. The SMILES string of the molecule is CCCCCCCCCC/C=C/CCCCCC(=O)OC[C@H](CO[C@H]1O[C@@H](CO[C@H]2O[C@@H](CO)[C@@H](O)C(O)C2O)[C@@H](O)C(O)C1O)OC(=O)CCCCCCCCCCCCCCCCCCCCCCCC. The molecule has 2 fully saturated rings. The second-order valence-corrected chi connectivity index (χ2v) is 21.2. The number of carbonyl (C=O) groups is 2. The van der Waals surface area contributed by atoms with Gasteiger partial charge in [0, 0.05) is 12.8 Å². The number of carbonyl (C=O) groups excluding carboxylic acids is 2. The molecule has 0 aromatic heterocycles. The minimum Gasteiger partial charge on any atom is -0.462 e. The number of ether oxygens (including phenoxy) is 6. The van der Waals surface area contributed by atoms with Crippen molar-refractivity contribution in [3.05, 3.63) is 12.2 Å². The summed E-state index contributed by atoms with van der Waals surface area (Å²) in [6.45, 7) is 2.63. The van der Waals surface area contributed by atoms with Gasteiger partial charge in [0.2, 0.25) is 0 Å². The molecule has 2 rings (SSSR count). The van der Waals surface area contributed by atoms with Crippen LogP contribution in [0, 0.1) is 0 Å². The first-order chi connectivity index (χ1) is 35.5. The zero-order valence-electron chi connectivity index (χ0n) is 45.9. The molecule has 11 atom stereocenters. The van der Waals surface area contributed by atoms with E-state index in [0.717, 1.165) is 44.9 Å². The van der Waals surface area contributed by atoms with Crippen LogP contribution in [0.5, 0.6) is 0 Å². The predicted octanol–water partition coefficient (Wildman–Crippen LogP) is 10.1. The summed E-state index contributed by atoms with van der Waals surface area (Å²) in [6, 6.07) is 0. The maximum Gasteiger partial charge on any atom is 0.306 e. The third kappa shape index (κ3) is 32.6. The molecule has 2 heterocycles. The Morgan fingerprint density at radius 1 is 0.425 bits per heavy atom. The Morgan fingerprint density at radius 3 is 1.22 bits per heavy atom. The van der Waals surface area contributed by atoms with Crippen molar-refractivity contribution in [2.75, 3.05) is 26.4 Å². The Morgan fingerprint density at radius 2 is 0.781 bits per heavy atom. The van der Waals surface area contributed by atoms with Crippen LogP contribution in [0.2, 0.25) is 0 Å². The van der Waals surface area contributed by atoms with Crippen molar-refractivity contribution in [1.82, 2.24) is 0 Å². The van der Waals surface area contributed by atoms with Crippen LogP contribution in [0.3, 0.4) is 0 Å². The number of allylic oxidation sites excluding steroid dienone is 2. The molecule has 15 nitrogen and oxygen atoms in total. The lowest BCUT2D eigenvalue weighted by Crippen LogP contribution is -2.61. The highest BCUT2D eigenvalue weighted by Gasteiger charge is 2.47.